The Balaban J connectivity index is 2.06. The summed E-state index contributed by atoms with van der Waals surface area (Å²) in [6, 6.07) is 3.45. The molecule has 0 unspecified atom stereocenters. The van der Waals surface area contributed by atoms with Gasteiger partial charge in [-0.2, -0.15) is 5.10 Å². The lowest BCUT2D eigenvalue weighted by Crippen LogP contribution is -2.24. The Kier molecular flexibility index (Phi) is 2.75. The topological polar surface area (TPSA) is 78.5 Å². The van der Waals surface area contributed by atoms with Crippen molar-refractivity contribution >= 4 is 22.6 Å². The van der Waals surface area contributed by atoms with Crippen LogP contribution in [0.25, 0.3) is 11.0 Å². The number of hydrogen-bond acceptors (Lipinski definition) is 5. The van der Waals surface area contributed by atoms with E-state index >= 15 is 0 Å². The summed E-state index contributed by atoms with van der Waals surface area (Å²) in [6.07, 6.45) is 3.07. The summed E-state index contributed by atoms with van der Waals surface area (Å²) in [5.41, 5.74) is 1.07. The highest BCUT2D eigenvalue weighted by atomic mass is 35.5. The van der Waals surface area contributed by atoms with Crippen molar-refractivity contribution in [3.8, 4) is 0 Å². The molecule has 0 saturated heterocycles. The summed E-state index contributed by atoms with van der Waals surface area (Å²) in [5, 5.41) is 12.7. The molecule has 0 saturated carbocycles. The van der Waals surface area contributed by atoms with Crippen LogP contribution in [0, 0.1) is 0 Å². The Bertz CT molecular complexity index is 808. The molecule has 3 heterocycles. The molecule has 3 aromatic rings. The Hall–Kier alpha value is -2.28. The number of hydrogen-bond donors (Lipinski definition) is 0. The van der Waals surface area contributed by atoms with Gasteiger partial charge in [0.15, 0.2) is 5.65 Å². The van der Waals surface area contributed by atoms with Gasteiger partial charge in [0.25, 0.3) is 5.56 Å². The van der Waals surface area contributed by atoms with Crippen LogP contribution in [-0.2, 0) is 13.6 Å². The van der Waals surface area contributed by atoms with Crippen LogP contribution in [0.4, 0.5) is 0 Å². The fourth-order valence-corrected chi connectivity index (χ4v) is 1.99. The van der Waals surface area contributed by atoms with E-state index < -0.39 is 0 Å². The molecular weight excluding hydrogens is 268 g/mol. The van der Waals surface area contributed by atoms with E-state index in [0.29, 0.717) is 22.7 Å². The Morgan fingerprint density at radius 2 is 2.26 bits per heavy atom. The molecule has 0 aliphatic heterocycles. The molecule has 3 rings (SSSR count). The van der Waals surface area contributed by atoms with Crippen molar-refractivity contribution in [2.45, 2.75) is 6.54 Å². The number of nitrogens with zero attached hydrogens (tertiary/aromatic N) is 6. The minimum absolute atomic E-state index is 0.231. The van der Waals surface area contributed by atoms with Crippen LogP contribution in [0.2, 0.25) is 5.15 Å². The predicted octanol–water partition coefficient (Wildman–Crippen LogP) is 0.622. The van der Waals surface area contributed by atoms with Crippen molar-refractivity contribution in [2.24, 2.45) is 7.05 Å². The van der Waals surface area contributed by atoms with Crippen LogP contribution in [0.3, 0.4) is 0 Å². The quantitative estimate of drug-likeness (QED) is 0.641. The van der Waals surface area contributed by atoms with Crippen molar-refractivity contribution < 1.29 is 0 Å². The highest BCUT2D eigenvalue weighted by Crippen LogP contribution is 2.08. The normalized spacial score (nSPS) is 11.1. The van der Waals surface area contributed by atoms with E-state index in [-0.39, 0.29) is 5.56 Å². The first kappa shape index (κ1) is 11.8. The summed E-state index contributed by atoms with van der Waals surface area (Å²) in [7, 11) is 1.71. The van der Waals surface area contributed by atoms with Crippen LogP contribution < -0.4 is 5.56 Å². The Labute approximate surface area is 112 Å². The SMILES string of the molecule is Cn1ncc2c(=O)n(Cc3ccnc(Cl)c3)nnc21. The average Bonchev–Trinajstić information content (AvgIpc) is 2.76. The van der Waals surface area contributed by atoms with Crippen molar-refractivity contribution in [1.82, 2.24) is 29.8 Å². The molecule has 0 N–H and O–H groups in total. The van der Waals surface area contributed by atoms with E-state index in [9.17, 15) is 4.79 Å². The molecule has 0 radical (unpaired) electrons. The summed E-state index contributed by atoms with van der Waals surface area (Å²) < 4.78 is 2.78. The molecule has 0 spiro atoms. The van der Waals surface area contributed by atoms with E-state index in [1.807, 2.05) is 0 Å². The van der Waals surface area contributed by atoms with Crippen LogP contribution in [-0.4, -0.2) is 29.8 Å². The van der Waals surface area contributed by atoms with Gasteiger partial charge in [0.1, 0.15) is 10.5 Å². The van der Waals surface area contributed by atoms with Gasteiger partial charge in [-0.3, -0.25) is 4.79 Å². The molecular formula is C11H9ClN6O. The lowest BCUT2D eigenvalue weighted by Gasteiger charge is -2.03. The molecule has 3 aromatic heterocycles. The van der Waals surface area contributed by atoms with Crippen LogP contribution in [0.5, 0.6) is 0 Å². The molecule has 96 valence electrons. The monoisotopic (exact) mass is 276 g/mol. The first-order valence-corrected chi connectivity index (χ1v) is 5.89. The van der Waals surface area contributed by atoms with Gasteiger partial charge in [-0.25, -0.2) is 14.3 Å². The summed E-state index contributed by atoms with van der Waals surface area (Å²) in [5.74, 6) is 0. The van der Waals surface area contributed by atoms with Gasteiger partial charge < -0.3 is 0 Å². The van der Waals surface area contributed by atoms with E-state index in [0.717, 1.165) is 5.56 Å². The number of rotatable bonds is 2. The standard InChI is InChI=1S/C11H9ClN6O/c1-17-10-8(5-14-17)11(19)18(16-15-10)6-7-2-3-13-9(12)4-7/h2-5H,6H2,1H3. The maximum atomic E-state index is 12.2. The third-order valence-electron chi connectivity index (χ3n) is 2.74. The van der Waals surface area contributed by atoms with E-state index in [1.54, 1.807) is 25.4 Å². The third kappa shape index (κ3) is 2.08. The third-order valence-corrected chi connectivity index (χ3v) is 2.95. The molecule has 0 aliphatic carbocycles. The summed E-state index contributed by atoms with van der Waals surface area (Å²) in [4.78, 5) is 16.1. The molecule has 19 heavy (non-hydrogen) atoms. The zero-order valence-corrected chi connectivity index (χ0v) is 10.7. The number of aromatic nitrogens is 6. The second-order valence-electron chi connectivity index (χ2n) is 4.04. The van der Waals surface area contributed by atoms with Gasteiger partial charge in [0.2, 0.25) is 0 Å². The smallest absolute Gasteiger partial charge is 0.267 e. The average molecular weight is 277 g/mol. The molecule has 0 fully saturated rings. The van der Waals surface area contributed by atoms with Gasteiger partial charge in [0.05, 0.1) is 12.7 Å². The molecule has 0 aliphatic rings. The fourth-order valence-electron chi connectivity index (χ4n) is 1.79. The highest BCUT2D eigenvalue weighted by molar-refractivity contribution is 6.29. The number of pyridine rings is 1. The molecule has 0 bridgehead atoms. The minimum Gasteiger partial charge on any atom is -0.267 e. The van der Waals surface area contributed by atoms with Gasteiger partial charge in [0, 0.05) is 13.2 Å². The van der Waals surface area contributed by atoms with Crippen LogP contribution >= 0.6 is 11.6 Å². The largest absolute Gasteiger partial charge is 0.281 e. The number of halogens is 1. The second kappa shape index (κ2) is 4.43. The molecule has 0 atom stereocenters. The zero-order valence-electron chi connectivity index (χ0n) is 9.99. The molecule has 0 amide bonds. The maximum Gasteiger partial charge on any atom is 0.281 e. The zero-order chi connectivity index (χ0) is 13.4. The van der Waals surface area contributed by atoms with Crippen molar-refractivity contribution in [3.63, 3.8) is 0 Å². The van der Waals surface area contributed by atoms with Gasteiger partial charge in [-0.05, 0) is 17.7 Å². The summed E-state index contributed by atoms with van der Waals surface area (Å²) in [6.45, 7) is 0.291. The lowest BCUT2D eigenvalue weighted by molar-refractivity contribution is 0.595. The van der Waals surface area contributed by atoms with Gasteiger partial charge >= 0.3 is 0 Å². The number of fused-ring (bicyclic) bond motifs is 1. The van der Waals surface area contributed by atoms with E-state index in [2.05, 4.69) is 20.4 Å². The molecule has 8 heteroatoms. The van der Waals surface area contributed by atoms with Crippen LogP contribution in [0.15, 0.2) is 29.3 Å². The fraction of sp³-hybridized carbons (Fsp3) is 0.182. The maximum absolute atomic E-state index is 12.2. The Morgan fingerprint density at radius 3 is 3.05 bits per heavy atom. The van der Waals surface area contributed by atoms with Crippen molar-refractivity contribution in [1.29, 1.82) is 0 Å². The number of aryl methyl sites for hydroxylation is 1. The lowest BCUT2D eigenvalue weighted by atomic mass is 10.3. The second-order valence-corrected chi connectivity index (χ2v) is 4.43. The van der Waals surface area contributed by atoms with Crippen molar-refractivity contribution in [2.75, 3.05) is 0 Å². The predicted molar refractivity (Wildman–Crippen MR) is 68.9 cm³/mol. The summed E-state index contributed by atoms with van der Waals surface area (Å²) >= 11 is 5.80. The van der Waals surface area contributed by atoms with Gasteiger partial charge in [-0.1, -0.05) is 16.8 Å². The first-order chi connectivity index (χ1) is 9.15. The van der Waals surface area contributed by atoms with E-state index in [4.69, 9.17) is 11.6 Å². The van der Waals surface area contributed by atoms with Crippen molar-refractivity contribution in [3.05, 3.63) is 45.6 Å². The van der Waals surface area contributed by atoms with E-state index in [1.165, 1.54) is 15.6 Å². The first-order valence-electron chi connectivity index (χ1n) is 5.51. The highest BCUT2D eigenvalue weighted by Gasteiger charge is 2.09. The minimum atomic E-state index is -0.231. The van der Waals surface area contributed by atoms with Gasteiger partial charge in [-0.15, -0.1) is 5.10 Å². The molecule has 7 nitrogen and oxygen atoms in total. The molecule has 0 aromatic carbocycles. The Morgan fingerprint density at radius 1 is 1.42 bits per heavy atom. The van der Waals surface area contributed by atoms with Crippen LogP contribution in [0.1, 0.15) is 5.56 Å².